The Hall–Kier alpha value is -3.63. The average Bonchev–Trinajstić information content (AvgIpc) is 3.18. The van der Waals surface area contributed by atoms with Gasteiger partial charge in [0.15, 0.2) is 17.5 Å². The molecule has 1 aromatic carbocycles. The van der Waals surface area contributed by atoms with Gasteiger partial charge < -0.3 is 20.5 Å². The highest BCUT2D eigenvalue weighted by Gasteiger charge is 2.39. The fourth-order valence-electron chi connectivity index (χ4n) is 3.14. The number of imidazole rings is 1. The van der Waals surface area contributed by atoms with Crippen LogP contribution in [0.15, 0.2) is 18.3 Å². The lowest BCUT2D eigenvalue weighted by Gasteiger charge is -2.28. The molecule has 1 aliphatic heterocycles. The predicted molar refractivity (Wildman–Crippen MR) is 107 cm³/mol. The zero-order valence-corrected chi connectivity index (χ0v) is 18.5. The fourth-order valence-corrected chi connectivity index (χ4v) is 3.14. The van der Waals surface area contributed by atoms with E-state index in [9.17, 15) is 49.1 Å². The third-order valence-corrected chi connectivity index (χ3v) is 4.80. The van der Waals surface area contributed by atoms with Crippen molar-refractivity contribution in [3.63, 3.8) is 0 Å². The number of carbonyl (C=O) groups is 3. The molecule has 1 atom stereocenters. The van der Waals surface area contributed by atoms with Crippen molar-refractivity contribution in [3.05, 3.63) is 47.2 Å². The number of aldehydes is 1. The summed E-state index contributed by atoms with van der Waals surface area (Å²) in [6.45, 7) is 0.400. The van der Waals surface area contributed by atoms with Crippen LogP contribution in [0.3, 0.4) is 0 Å². The van der Waals surface area contributed by atoms with E-state index in [1.165, 1.54) is 15.7 Å². The Morgan fingerprint density at radius 1 is 1.05 bits per heavy atom. The van der Waals surface area contributed by atoms with E-state index in [4.69, 9.17) is 10.5 Å². The van der Waals surface area contributed by atoms with Crippen molar-refractivity contribution in [2.45, 2.75) is 44.3 Å². The van der Waals surface area contributed by atoms with Crippen LogP contribution in [0.25, 0.3) is 0 Å². The maximum absolute atomic E-state index is 13.7. The quantitative estimate of drug-likeness (QED) is 0.340. The smallest absolute Gasteiger partial charge is 0.333 e. The molecular formula is C20H18F9N5O3. The molecule has 0 spiro atoms. The maximum Gasteiger partial charge on any atom is 0.471 e. The van der Waals surface area contributed by atoms with Crippen LogP contribution in [0, 0.1) is 17.5 Å². The van der Waals surface area contributed by atoms with E-state index in [0.717, 1.165) is 0 Å². The first-order chi connectivity index (χ1) is 17.0. The summed E-state index contributed by atoms with van der Waals surface area (Å²) >= 11 is 0. The zero-order chi connectivity index (χ0) is 28.1. The predicted octanol–water partition coefficient (Wildman–Crippen LogP) is 2.85. The number of fused-ring (bicyclic) bond motifs is 1. The number of hydrogen-bond acceptors (Lipinski definition) is 5. The molecule has 0 bridgehead atoms. The summed E-state index contributed by atoms with van der Waals surface area (Å²) in [5.41, 5.74) is 5.69. The summed E-state index contributed by atoms with van der Waals surface area (Å²) in [4.78, 5) is 37.5. The average molecular weight is 547 g/mol. The number of halogens is 9. The van der Waals surface area contributed by atoms with Crippen molar-refractivity contribution >= 4 is 23.9 Å². The van der Waals surface area contributed by atoms with Crippen LogP contribution in [0.5, 0.6) is 0 Å². The molecule has 0 aliphatic carbocycles. The van der Waals surface area contributed by atoms with Gasteiger partial charge in [-0.15, -0.1) is 0 Å². The first kappa shape index (κ1) is 29.6. The van der Waals surface area contributed by atoms with Gasteiger partial charge in [-0.25, -0.2) is 18.2 Å². The fraction of sp³-hybridized carbons (Fsp3) is 0.400. The highest BCUT2D eigenvalue weighted by Crippen LogP contribution is 2.21. The third-order valence-electron chi connectivity index (χ3n) is 4.80. The highest BCUT2D eigenvalue weighted by atomic mass is 19.4. The van der Waals surface area contributed by atoms with Crippen molar-refractivity contribution in [2.75, 3.05) is 11.9 Å². The molecule has 37 heavy (non-hydrogen) atoms. The third kappa shape index (κ3) is 8.76. The van der Waals surface area contributed by atoms with Gasteiger partial charge in [0.25, 0.3) is 0 Å². The van der Waals surface area contributed by atoms with Gasteiger partial charge in [0.2, 0.25) is 12.2 Å². The molecule has 0 fully saturated rings. The number of benzene rings is 1. The van der Waals surface area contributed by atoms with E-state index in [1.807, 2.05) is 0 Å². The summed E-state index contributed by atoms with van der Waals surface area (Å²) in [5.74, 6) is -6.16. The van der Waals surface area contributed by atoms with E-state index in [0.29, 0.717) is 12.1 Å². The number of nitrogens with one attached hydrogen (secondary N) is 1. The van der Waals surface area contributed by atoms with Crippen molar-refractivity contribution < 1.29 is 53.9 Å². The number of rotatable bonds is 5. The van der Waals surface area contributed by atoms with Crippen molar-refractivity contribution in [3.8, 4) is 0 Å². The number of amides is 2. The van der Waals surface area contributed by atoms with Crippen LogP contribution < -0.4 is 11.1 Å². The largest absolute Gasteiger partial charge is 0.471 e. The second-order valence-electron chi connectivity index (χ2n) is 7.69. The lowest BCUT2D eigenvalue weighted by molar-refractivity contribution is -0.167. The Morgan fingerprint density at radius 3 is 2.22 bits per heavy atom. The Balaban J connectivity index is 0.000000717. The Morgan fingerprint density at radius 2 is 1.65 bits per heavy atom. The minimum atomic E-state index is -5.06. The highest BCUT2D eigenvalue weighted by molar-refractivity contribution is 5.94. The monoisotopic (exact) mass is 547 g/mol. The molecule has 2 aromatic rings. The van der Waals surface area contributed by atoms with Crippen molar-refractivity contribution in [1.29, 1.82) is 0 Å². The summed E-state index contributed by atoms with van der Waals surface area (Å²) in [5, 5.41) is 1.64. The number of hydrogen-bond donors (Lipinski definition) is 2. The van der Waals surface area contributed by atoms with Gasteiger partial charge in [0, 0.05) is 37.8 Å². The van der Waals surface area contributed by atoms with Gasteiger partial charge in [-0.2, -0.15) is 26.3 Å². The standard InChI is InChI=1S/C18H17F6N5O2.C2HF3O/c19-11-6-13(21)12(20)4-9(11)3-10(25)5-16(30)29-2-1-28-7-14(26-15(28)8-29)27-17(31)18(22,23)24;3-2(4,5)1-6/h4,6-7,10H,1-3,5,8,25H2,(H,27,31);1H/t10-;/m1./s1. The van der Waals surface area contributed by atoms with E-state index >= 15 is 0 Å². The lowest BCUT2D eigenvalue weighted by atomic mass is 10.0. The second kappa shape index (κ2) is 11.6. The normalized spacial score (nSPS) is 14.3. The van der Waals surface area contributed by atoms with Crippen molar-refractivity contribution in [2.24, 2.45) is 5.73 Å². The first-order valence-corrected chi connectivity index (χ1v) is 10.1. The molecule has 204 valence electrons. The van der Waals surface area contributed by atoms with Gasteiger partial charge in [-0.1, -0.05) is 0 Å². The Kier molecular flexibility index (Phi) is 9.29. The molecule has 0 unspecified atom stereocenters. The van der Waals surface area contributed by atoms with Crippen LogP contribution in [-0.2, 0) is 33.9 Å². The van der Waals surface area contributed by atoms with E-state index in [1.54, 1.807) is 5.32 Å². The van der Waals surface area contributed by atoms with E-state index < -0.39 is 53.9 Å². The number of nitrogens with two attached hydrogens (primary N) is 1. The van der Waals surface area contributed by atoms with Gasteiger partial charge in [0.1, 0.15) is 11.6 Å². The molecular weight excluding hydrogens is 529 g/mol. The molecule has 0 radical (unpaired) electrons. The van der Waals surface area contributed by atoms with Crippen LogP contribution in [-0.4, -0.2) is 57.5 Å². The maximum atomic E-state index is 13.7. The van der Waals surface area contributed by atoms with Crippen LogP contribution >= 0.6 is 0 Å². The molecule has 0 saturated carbocycles. The number of anilines is 1. The number of carbonyl (C=O) groups excluding carboxylic acids is 3. The molecule has 17 heteroatoms. The second-order valence-corrected chi connectivity index (χ2v) is 7.69. The van der Waals surface area contributed by atoms with Crippen LogP contribution in [0.2, 0.25) is 0 Å². The summed E-state index contributed by atoms with van der Waals surface area (Å²) < 4.78 is 110. The van der Waals surface area contributed by atoms with E-state index in [-0.39, 0.29) is 49.7 Å². The van der Waals surface area contributed by atoms with Gasteiger partial charge >= 0.3 is 18.3 Å². The molecule has 2 amide bonds. The van der Waals surface area contributed by atoms with Gasteiger partial charge in [0.05, 0.1) is 6.54 Å². The van der Waals surface area contributed by atoms with Crippen LogP contribution in [0.1, 0.15) is 17.8 Å². The van der Waals surface area contributed by atoms with Gasteiger partial charge in [-0.3, -0.25) is 14.4 Å². The molecule has 1 aliphatic rings. The molecule has 0 saturated heterocycles. The number of nitrogens with zero attached hydrogens (tertiary/aromatic N) is 3. The molecule has 8 nitrogen and oxygen atoms in total. The topological polar surface area (TPSA) is 110 Å². The minimum absolute atomic E-state index is 0.0347. The Labute approximate surface area is 202 Å². The van der Waals surface area contributed by atoms with E-state index in [2.05, 4.69) is 4.98 Å². The van der Waals surface area contributed by atoms with Crippen molar-refractivity contribution in [1.82, 2.24) is 14.5 Å². The van der Waals surface area contributed by atoms with Crippen LogP contribution in [0.4, 0.5) is 45.3 Å². The Bertz CT molecular complexity index is 1150. The SMILES string of the molecule is N[C@@H](CC(=O)N1CCn2cc(NC(=O)C(F)(F)F)nc2C1)Cc1cc(F)c(F)cc1F.O=CC(F)(F)F. The van der Waals surface area contributed by atoms with Gasteiger partial charge in [-0.05, 0) is 18.1 Å². The zero-order valence-electron chi connectivity index (χ0n) is 18.5. The molecule has 2 heterocycles. The first-order valence-electron chi connectivity index (χ1n) is 10.1. The number of alkyl halides is 6. The summed E-state index contributed by atoms with van der Waals surface area (Å²) in [7, 11) is 0. The number of aromatic nitrogens is 2. The minimum Gasteiger partial charge on any atom is -0.333 e. The summed E-state index contributed by atoms with van der Waals surface area (Å²) in [6, 6.07) is 0.206. The molecule has 3 rings (SSSR count). The summed E-state index contributed by atoms with van der Waals surface area (Å²) in [6.07, 6.45) is -9.96. The molecule has 1 aromatic heterocycles. The lowest BCUT2D eigenvalue weighted by Crippen LogP contribution is -2.41. The molecule has 3 N–H and O–H groups in total.